The first-order chi connectivity index (χ1) is 10.1. The number of nitrogens with two attached hydrogens (primary N) is 1. The zero-order valence-electron chi connectivity index (χ0n) is 10.9. The molecular formula is C13H13ClN6O. The Bertz CT molecular complexity index is 757. The van der Waals surface area contributed by atoms with E-state index in [4.69, 9.17) is 17.3 Å². The van der Waals surface area contributed by atoms with Crippen LogP contribution in [0.4, 0.5) is 11.8 Å². The van der Waals surface area contributed by atoms with Gasteiger partial charge >= 0.3 is 0 Å². The number of nitrogen functional groups attached to an aromatic ring is 1. The van der Waals surface area contributed by atoms with Gasteiger partial charge in [-0.2, -0.15) is 9.97 Å². The molecule has 2 heterocycles. The van der Waals surface area contributed by atoms with E-state index in [1.807, 2.05) is 0 Å². The van der Waals surface area contributed by atoms with Gasteiger partial charge in [-0.05, 0) is 17.7 Å². The summed E-state index contributed by atoms with van der Waals surface area (Å²) in [5, 5.41) is 13.8. The predicted octanol–water partition coefficient (Wildman–Crippen LogP) is 1.73. The number of aromatic nitrogens is 4. The van der Waals surface area contributed by atoms with Gasteiger partial charge in [-0.15, -0.1) is 0 Å². The maximum Gasteiger partial charge on any atom is 0.224 e. The summed E-state index contributed by atoms with van der Waals surface area (Å²) in [6, 6.07) is 7.01. The van der Waals surface area contributed by atoms with Crippen LogP contribution in [0, 0.1) is 0 Å². The first-order valence-electron chi connectivity index (χ1n) is 6.27. The molecule has 1 aromatic carbocycles. The smallest absolute Gasteiger partial charge is 0.224 e. The van der Waals surface area contributed by atoms with Crippen molar-refractivity contribution in [3.8, 4) is 0 Å². The Balaban J connectivity index is 1.77. The fourth-order valence-electron chi connectivity index (χ4n) is 1.97. The van der Waals surface area contributed by atoms with Crippen molar-refractivity contribution in [2.45, 2.75) is 6.10 Å². The van der Waals surface area contributed by atoms with Crippen molar-refractivity contribution in [1.82, 2.24) is 19.9 Å². The Labute approximate surface area is 125 Å². The van der Waals surface area contributed by atoms with Crippen LogP contribution in [-0.2, 0) is 0 Å². The lowest BCUT2D eigenvalue weighted by molar-refractivity contribution is 0.191. The highest BCUT2D eigenvalue weighted by Crippen LogP contribution is 2.20. The first-order valence-corrected chi connectivity index (χ1v) is 6.65. The summed E-state index contributed by atoms with van der Waals surface area (Å²) in [4.78, 5) is 15.1. The summed E-state index contributed by atoms with van der Waals surface area (Å²) in [6.45, 7) is 0.270. The number of fused-ring (bicyclic) bond motifs is 1. The van der Waals surface area contributed by atoms with E-state index in [9.17, 15) is 5.11 Å². The molecule has 0 bridgehead atoms. The molecule has 0 spiro atoms. The van der Waals surface area contributed by atoms with Gasteiger partial charge in [-0.1, -0.05) is 23.7 Å². The van der Waals surface area contributed by atoms with Crippen LogP contribution in [-0.4, -0.2) is 31.6 Å². The van der Waals surface area contributed by atoms with Gasteiger partial charge in [0.2, 0.25) is 5.95 Å². The lowest BCUT2D eigenvalue weighted by Gasteiger charge is -2.13. The topological polar surface area (TPSA) is 113 Å². The molecule has 1 atom stereocenters. The quantitative estimate of drug-likeness (QED) is 0.584. The Morgan fingerprint density at radius 1 is 1.29 bits per heavy atom. The van der Waals surface area contributed by atoms with Crippen molar-refractivity contribution in [3.63, 3.8) is 0 Å². The molecule has 1 unspecified atom stereocenters. The number of aliphatic hydroxyl groups excluding tert-OH is 1. The van der Waals surface area contributed by atoms with E-state index in [0.29, 0.717) is 22.0 Å². The molecule has 0 amide bonds. The number of benzene rings is 1. The largest absolute Gasteiger partial charge is 0.387 e. The number of hydrogen-bond donors (Lipinski definition) is 4. The molecule has 0 aliphatic heterocycles. The summed E-state index contributed by atoms with van der Waals surface area (Å²) in [5.74, 6) is 0.626. The monoisotopic (exact) mass is 304 g/mol. The first kappa shape index (κ1) is 13.6. The molecule has 8 heteroatoms. The van der Waals surface area contributed by atoms with E-state index in [2.05, 4.69) is 25.3 Å². The van der Waals surface area contributed by atoms with E-state index in [1.54, 1.807) is 24.3 Å². The molecule has 0 saturated heterocycles. The molecule has 21 heavy (non-hydrogen) atoms. The maximum absolute atomic E-state index is 10.2. The minimum Gasteiger partial charge on any atom is -0.387 e. The number of nitrogens with one attached hydrogen (secondary N) is 2. The van der Waals surface area contributed by atoms with Gasteiger partial charge in [-0.3, -0.25) is 0 Å². The SMILES string of the molecule is Nc1nc(NCC(O)c2ccc(Cl)cc2)c2[nH]cnc2n1. The normalized spacial score (nSPS) is 12.5. The van der Waals surface area contributed by atoms with Crippen molar-refractivity contribution in [2.24, 2.45) is 0 Å². The Morgan fingerprint density at radius 3 is 2.81 bits per heavy atom. The summed E-state index contributed by atoms with van der Waals surface area (Å²) < 4.78 is 0. The van der Waals surface area contributed by atoms with Crippen LogP contribution in [0.2, 0.25) is 5.02 Å². The number of anilines is 2. The van der Waals surface area contributed by atoms with Crippen molar-refractivity contribution in [1.29, 1.82) is 0 Å². The second kappa shape index (κ2) is 5.55. The summed E-state index contributed by atoms with van der Waals surface area (Å²) in [6.07, 6.45) is 0.816. The lowest BCUT2D eigenvalue weighted by atomic mass is 10.1. The molecule has 108 valence electrons. The zero-order valence-corrected chi connectivity index (χ0v) is 11.7. The van der Waals surface area contributed by atoms with Crippen LogP contribution < -0.4 is 11.1 Å². The molecule has 0 aliphatic carbocycles. The van der Waals surface area contributed by atoms with E-state index in [0.717, 1.165) is 5.56 Å². The number of hydrogen-bond acceptors (Lipinski definition) is 6. The summed E-state index contributed by atoms with van der Waals surface area (Å²) in [5.41, 5.74) is 7.51. The second-order valence-electron chi connectivity index (χ2n) is 4.48. The second-order valence-corrected chi connectivity index (χ2v) is 4.92. The standard InChI is InChI=1S/C13H13ClN6O/c14-8-3-1-7(2-4-8)9(21)5-16-11-10-12(18-6-17-10)20-13(15)19-11/h1-4,6,9,21H,5H2,(H4,15,16,17,18,19,20). The van der Waals surface area contributed by atoms with E-state index >= 15 is 0 Å². The fourth-order valence-corrected chi connectivity index (χ4v) is 2.10. The van der Waals surface area contributed by atoms with E-state index in [1.165, 1.54) is 6.33 Å². The Morgan fingerprint density at radius 2 is 2.05 bits per heavy atom. The number of imidazole rings is 1. The third-order valence-electron chi connectivity index (χ3n) is 3.02. The molecule has 0 aliphatic rings. The van der Waals surface area contributed by atoms with Crippen molar-refractivity contribution in [2.75, 3.05) is 17.6 Å². The predicted molar refractivity (Wildman–Crippen MR) is 81.0 cm³/mol. The van der Waals surface area contributed by atoms with Gasteiger partial charge in [0.15, 0.2) is 11.5 Å². The van der Waals surface area contributed by atoms with Crippen LogP contribution in [0.3, 0.4) is 0 Å². The molecule has 7 nitrogen and oxygen atoms in total. The summed E-state index contributed by atoms with van der Waals surface area (Å²) in [7, 11) is 0. The minimum atomic E-state index is -0.698. The van der Waals surface area contributed by atoms with Gasteiger partial charge in [-0.25, -0.2) is 4.98 Å². The van der Waals surface area contributed by atoms with Crippen molar-refractivity contribution >= 4 is 34.5 Å². The van der Waals surface area contributed by atoms with Gasteiger partial charge in [0, 0.05) is 11.6 Å². The number of halogens is 1. The Hall–Kier alpha value is -2.38. The third-order valence-corrected chi connectivity index (χ3v) is 3.27. The average molecular weight is 305 g/mol. The van der Waals surface area contributed by atoms with Crippen LogP contribution in [0.15, 0.2) is 30.6 Å². The molecule has 3 rings (SSSR count). The number of aromatic amines is 1. The molecule has 5 N–H and O–H groups in total. The molecule has 0 fully saturated rings. The highest BCUT2D eigenvalue weighted by Gasteiger charge is 2.11. The van der Waals surface area contributed by atoms with Crippen LogP contribution in [0.1, 0.15) is 11.7 Å². The van der Waals surface area contributed by atoms with Gasteiger partial charge in [0.05, 0.1) is 12.4 Å². The lowest BCUT2D eigenvalue weighted by Crippen LogP contribution is -2.14. The van der Waals surface area contributed by atoms with E-state index < -0.39 is 6.10 Å². The van der Waals surface area contributed by atoms with E-state index in [-0.39, 0.29) is 12.5 Å². The maximum atomic E-state index is 10.2. The third kappa shape index (κ3) is 2.88. The van der Waals surface area contributed by atoms with Crippen molar-refractivity contribution < 1.29 is 5.11 Å². The highest BCUT2D eigenvalue weighted by atomic mass is 35.5. The average Bonchev–Trinajstić information content (AvgIpc) is 2.93. The number of aliphatic hydroxyl groups is 1. The number of nitrogens with zero attached hydrogens (tertiary/aromatic N) is 3. The summed E-state index contributed by atoms with van der Waals surface area (Å²) >= 11 is 5.82. The minimum absolute atomic E-state index is 0.123. The number of H-pyrrole nitrogens is 1. The van der Waals surface area contributed by atoms with Gasteiger partial charge < -0.3 is 21.1 Å². The van der Waals surface area contributed by atoms with Gasteiger partial charge in [0.25, 0.3) is 0 Å². The molecule has 3 aromatic rings. The molecule has 2 aromatic heterocycles. The van der Waals surface area contributed by atoms with Crippen LogP contribution >= 0.6 is 11.6 Å². The van der Waals surface area contributed by atoms with Crippen LogP contribution in [0.25, 0.3) is 11.2 Å². The molecular weight excluding hydrogens is 292 g/mol. The molecule has 0 radical (unpaired) electrons. The van der Waals surface area contributed by atoms with Gasteiger partial charge in [0.1, 0.15) is 5.52 Å². The highest BCUT2D eigenvalue weighted by molar-refractivity contribution is 6.30. The van der Waals surface area contributed by atoms with Crippen molar-refractivity contribution in [3.05, 3.63) is 41.2 Å². The zero-order chi connectivity index (χ0) is 14.8. The van der Waals surface area contributed by atoms with Crippen LogP contribution in [0.5, 0.6) is 0 Å². The fraction of sp³-hybridized carbons (Fsp3) is 0.154. The Kier molecular flexibility index (Phi) is 3.59. The number of rotatable bonds is 4. The molecule has 0 saturated carbocycles.